The Morgan fingerprint density at radius 1 is 1.08 bits per heavy atom. The van der Waals surface area contributed by atoms with E-state index in [0.717, 1.165) is 0 Å². The average molecular weight is 362 g/mol. The van der Waals surface area contributed by atoms with Crippen LogP contribution in [0.5, 0.6) is 11.5 Å². The molecule has 0 N–H and O–H groups in total. The largest absolute Gasteiger partial charge is 0.493 e. The van der Waals surface area contributed by atoms with Crippen molar-refractivity contribution in [2.24, 2.45) is 0 Å². The molecule has 0 unspecified atom stereocenters. The van der Waals surface area contributed by atoms with Gasteiger partial charge in [0.2, 0.25) is 0 Å². The first kappa shape index (κ1) is 19.1. The predicted octanol–water partition coefficient (Wildman–Crippen LogP) is 0.970. The van der Waals surface area contributed by atoms with Gasteiger partial charge in [-0.25, -0.2) is 9.59 Å². The fraction of sp³-hybridized carbons (Fsp3) is 0.353. The molecule has 9 nitrogen and oxygen atoms in total. The van der Waals surface area contributed by atoms with Gasteiger partial charge < -0.3 is 28.6 Å². The number of hydrogen-bond acceptors (Lipinski definition) is 9. The molecule has 0 spiro atoms. The molecule has 0 amide bonds. The normalized spacial score (nSPS) is 13.7. The highest BCUT2D eigenvalue weighted by Crippen LogP contribution is 2.37. The van der Waals surface area contributed by atoms with E-state index in [-0.39, 0.29) is 30.2 Å². The summed E-state index contributed by atoms with van der Waals surface area (Å²) in [6.07, 6.45) is 0. The summed E-state index contributed by atoms with van der Waals surface area (Å²) in [4.78, 5) is 25.7. The van der Waals surface area contributed by atoms with Crippen molar-refractivity contribution in [1.82, 2.24) is 0 Å². The van der Waals surface area contributed by atoms with Crippen molar-refractivity contribution in [2.75, 3.05) is 46.7 Å². The third kappa shape index (κ3) is 3.41. The lowest BCUT2D eigenvalue weighted by Gasteiger charge is -2.32. The minimum Gasteiger partial charge on any atom is -0.493 e. The van der Waals surface area contributed by atoms with Gasteiger partial charge in [0, 0.05) is 12.1 Å². The number of nitrogens with zero attached hydrogens (tertiary/aromatic N) is 2. The van der Waals surface area contributed by atoms with E-state index < -0.39 is 11.9 Å². The van der Waals surface area contributed by atoms with Gasteiger partial charge in [0.25, 0.3) is 0 Å². The SMILES string of the molecule is COC(=O)C1=C(C(=O)OC)N(c2cc(OC)c(OC)cc2C#N)COC1. The summed E-state index contributed by atoms with van der Waals surface area (Å²) in [6.45, 7) is -0.197. The van der Waals surface area contributed by atoms with Gasteiger partial charge in [0.1, 0.15) is 18.5 Å². The summed E-state index contributed by atoms with van der Waals surface area (Å²) in [7, 11) is 5.27. The van der Waals surface area contributed by atoms with Gasteiger partial charge in [-0.2, -0.15) is 5.26 Å². The number of methoxy groups -OCH3 is 4. The number of anilines is 1. The molecule has 0 saturated heterocycles. The Morgan fingerprint density at radius 3 is 2.23 bits per heavy atom. The second-order valence-corrected chi connectivity index (χ2v) is 5.05. The monoisotopic (exact) mass is 362 g/mol. The molecular weight excluding hydrogens is 344 g/mol. The van der Waals surface area contributed by atoms with Crippen LogP contribution < -0.4 is 14.4 Å². The van der Waals surface area contributed by atoms with Crippen molar-refractivity contribution in [3.63, 3.8) is 0 Å². The van der Waals surface area contributed by atoms with Crippen molar-refractivity contribution in [1.29, 1.82) is 5.26 Å². The van der Waals surface area contributed by atoms with Crippen LogP contribution in [0.3, 0.4) is 0 Å². The maximum absolute atomic E-state index is 12.3. The number of ether oxygens (including phenoxy) is 5. The molecule has 0 fully saturated rings. The van der Waals surface area contributed by atoms with Crippen LogP contribution >= 0.6 is 0 Å². The molecule has 1 aliphatic heterocycles. The Kier molecular flexibility index (Phi) is 6.03. The van der Waals surface area contributed by atoms with E-state index in [1.807, 2.05) is 6.07 Å². The lowest BCUT2D eigenvalue weighted by Crippen LogP contribution is -2.39. The summed E-state index contributed by atoms with van der Waals surface area (Å²) >= 11 is 0. The van der Waals surface area contributed by atoms with Crippen LogP contribution in [-0.4, -0.2) is 53.7 Å². The van der Waals surface area contributed by atoms with E-state index in [1.165, 1.54) is 45.5 Å². The smallest absolute Gasteiger partial charge is 0.355 e. The first-order chi connectivity index (χ1) is 12.5. The van der Waals surface area contributed by atoms with Crippen molar-refractivity contribution in [3.05, 3.63) is 29.0 Å². The molecule has 1 aliphatic rings. The van der Waals surface area contributed by atoms with Crippen molar-refractivity contribution < 1.29 is 33.3 Å². The second-order valence-electron chi connectivity index (χ2n) is 5.05. The Bertz CT molecular complexity index is 795. The minimum atomic E-state index is -0.757. The van der Waals surface area contributed by atoms with Crippen LogP contribution in [0.1, 0.15) is 5.56 Å². The first-order valence-corrected chi connectivity index (χ1v) is 7.43. The molecular formula is C17H18N2O7. The van der Waals surface area contributed by atoms with E-state index >= 15 is 0 Å². The van der Waals surface area contributed by atoms with Gasteiger partial charge in [0.05, 0.1) is 51.9 Å². The molecule has 0 radical (unpaired) electrons. The van der Waals surface area contributed by atoms with Crippen LogP contribution in [0.25, 0.3) is 0 Å². The number of carbonyl (C=O) groups excluding carboxylic acids is 2. The minimum absolute atomic E-state index is 0.00993. The van der Waals surface area contributed by atoms with Gasteiger partial charge in [-0.1, -0.05) is 0 Å². The highest BCUT2D eigenvalue weighted by Gasteiger charge is 2.34. The molecule has 0 aliphatic carbocycles. The van der Waals surface area contributed by atoms with Gasteiger partial charge >= 0.3 is 11.9 Å². The predicted molar refractivity (Wildman–Crippen MR) is 88.6 cm³/mol. The number of benzene rings is 1. The molecule has 1 aromatic carbocycles. The number of rotatable bonds is 5. The quantitative estimate of drug-likeness (QED) is 0.708. The third-order valence-corrected chi connectivity index (χ3v) is 3.75. The van der Waals surface area contributed by atoms with E-state index in [4.69, 9.17) is 23.7 Å². The van der Waals surface area contributed by atoms with E-state index in [1.54, 1.807) is 0 Å². The lowest BCUT2D eigenvalue weighted by atomic mass is 10.1. The van der Waals surface area contributed by atoms with Gasteiger partial charge in [-0.3, -0.25) is 0 Å². The first-order valence-electron chi connectivity index (χ1n) is 7.43. The maximum atomic E-state index is 12.3. The Hall–Kier alpha value is -3.25. The van der Waals surface area contributed by atoms with Crippen LogP contribution in [0.4, 0.5) is 5.69 Å². The number of esters is 2. The standard InChI is InChI=1S/C17H18N2O7/c1-22-13-5-10(7-18)12(6-14(13)23-2)19-9-26-8-11(16(20)24-3)15(19)17(21)25-4/h5-6H,8-9H2,1-4H3. The molecule has 0 saturated carbocycles. The molecule has 0 bridgehead atoms. The summed E-state index contributed by atoms with van der Waals surface area (Å²) in [5, 5.41) is 9.50. The van der Waals surface area contributed by atoms with Gasteiger partial charge in [-0.05, 0) is 0 Å². The highest BCUT2D eigenvalue weighted by atomic mass is 16.5. The number of nitriles is 1. The molecule has 2 rings (SSSR count). The maximum Gasteiger partial charge on any atom is 0.355 e. The van der Waals surface area contributed by atoms with Crippen LogP contribution in [0.2, 0.25) is 0 Å². The zero-order valence-electron chi connectivity index (χ0n) is 14.8. The van der Waals surface area contributed by atoms with Crippen molar-refractivity contribution in [2.45, 2.75) is 0 Å². The summed E-state index contributed by atoms with van der Waals surface area (Å²) in [5.74, 6) is -0.792. The van der Waals surface area contributed by atoms with Crippen molar-refractivity contribution >= 4 is 17.6 Å². The van der Waals surface area contributed by atoms with Crippen LogP contribution in [0.15, 0.2) is 23.4 Å². The van der Waals surface area contributed by atoms with Crippen molar-refractivity contribution in [3.8, 4) is 17.6 Å². The van der Waals surface area contributed by atoms with E-state index in [9.17, 15) is 14.9 Å². The lowest BCUT2D eigenvalue weighted by molar-refractivity contribution is -0.140. The third-order valence-electron chi connectivity index (χ3n) is 3.75. The van der Waals surface area contributed by atoms with Crippen LogP contribution in [-0.2, 0) is 23.8 Å². The van der Waals surface area contributed by atoms with E-state index in [0.29, 0.717) is 17.2 Å². The summed E-state index contributed by atoms with van der Waals surface area (Å²) < 4.78 is 25.4. The Labute approximate surface area is 150 Å². The molecule has 0 atom stereocenters. The van der Waals surface area contributed by atoms with E-state index in [2.05, 4.69) is 0 Å². The molecule has 1 heterocycles. The number of carbonyl (C=O) groups is 2. The number of hydrogen-bond donors (Lipinski definition) is 0. The molecule has 1 aromatic rings. The van der Waals surface area contributed by atoms with Gasteiger partial charge in [0.15, 0.2) is 11.5 Å². The fourth-order valence-corrected chi connectivity index (χ4v) is 2.51. The summed E-state index contributed by atoms with van der Waals surface area (Å²) in [6, 6.07) is 5.02. The Morgan fingerprint density at radius 2 is 1.69 bits per heavy atom. The molecule has 9 heteroatoms. The zero-order chi connectivity index (χ0) is 19.3. The molecule has 0 aromatic heterocycles. The zero-order valence-corrected chi connectivity index (χ0v) is 14.8. The fourth-order valence-electron chi connectivity index (χ4n) is 2.51. The summed E-state index contributed by atoms with van der Waals surface area (Å²) in [5.41, 5.74) is 0.420. The molecule has 26 heavy (non-hydrogen) atoms. The topological polar surface area (TPSA) is 107 Å². The second kappa shape index (κ2) is 8.22. The average Bonchev–Trinajstić information content (AvgIpc) is 2.70. The Balaban J connectivity index is 2.70. The molecule has 138 valence electrons. The highest BCUT2D eigenvalue weighted by molar-refractivity contribution is 6.03. The van der Waals surface area contributed by atoms with Crippen LogP contribution in [0, 0.1) is 11.3 Å². The van der Waals surface area contributed by atoms with Gasteiger partial charge in [-0.15, -0.1) is 0 Å².